The van der Waals surface area contributed by atoms with Crippen molar-refractivity contribution in [3.05, 3.63) is 41.3 Å². The van der Waals surface area contributed by atoms with Gasteiger partial charge in [0.05, 0.1) is 11.0 Å². The number of fused-ring (bicyclic) bond motifs is 2. The summed E-state index contributed by atoms with van der Waals surface area (Å²) in [6, 6.07) is 7.04. The molecule has 0 aliphatic carbocycles. The van der Waals surface area contributed by atoms with E-state index in [1.165, 1.54) is 0 Å². The number of rotatable bonds is 2. The van der Waals surface area contributed by atoms with Crippen LogP contribution in [0.15, 0.2) is 28.7 Å². The first-order chi connectivity index (χ1) is 9.54. The Hall–Kier alpha value is -1.80. The summed E-state index contributed by atoms with van der Waals surface area (Å²) < 4.78 is 19.1. The molecule has 0 amide bonds. The number of nitrogen functional groups attached to an aromatic ring is 1. The number of nitrogens with two attached hydrogens (primary N) is 1. The molecule has 5 heteroatoms. The highest BCUT2D eigenvalue weighted by atomic mass is 31.2. The Kier molecular flexibility index (Phi) is 2.87. The zero-order valence-electron chi connectivity index (χ0n) is 11.5. The van der Waals surface area contributed by atoms with Crippen molar-refractivity contribution in [1.82, 2.24) is 0 Å². The van der Waals surface area contributed by atoms with Crippen LogP contribution in [0.3, 0.4) is 0 Å². The van der Waals surface area contributed by atoms with Gasteiger partial charge in [0.15, 0.2) is 5.76 Å². The normalized spacial score (nSPS) is 20.6. The van der Waals surface area contributed by atoms with Crippen LogP contribution >= 0.6 is 7.14 Å². The van der Waals surface area contributed by atoms with Crippen molar-refractivity contribution in [3.8, 4) is 0 Å². The third kappa shape index (κ3) is 1.49. The molecule has 1 aromatic carbocycles. The molecule has 0 spiro atoms. The molecule has 1 atom stereocenters. The van der Waals surface area contributed by atoms with Crippen LogP contribution in [0.4, 0.5) is 5.69 Å². The highest BCUT2D eigenvalue weighted by molar-refractivity contribution is 7.79. The highest BCUT2D eigenvalue weighted by Gasteiger charge is 2.43. The van der Waals surface area contributed by atoms with E-state index in [9.17, 15) is 9.36 Å². The van der Waals surface area contributed by atoms with Crippen LogP contribution in [0.1, 0.15) is 35.7 Å². The van der Waals surface area contributed by atoms with Crippen molar-refractivity contribution in [3.63, 3.8) is 0 Å². The lowest BCUT2D eigenvalue weighted by Crippen LogP contribution is -2.33. The van der Waals surface area contributed by atoms with E-state index in [1.807, 2.05) is 13.8 Å². The van der Waals surface area contributed by atoms with Crippen molar-refractivity contribution < 1.29 is 13.8 Å². The van der Waals surface area contributed by atoms with Crippen molar-refractivity contribution in [2.45, 2.75) is 20.3 Å². The van der Waals surface area contributed by atoms with Gasteiger partial charge in [0.2, 0.25) is 5.78 Å². The first-order valence-corrected chi connectivity index (χ1v) is 8.58. The fourth-order valence-corrected chi connectivity index (χ4v) is 5.59. The van der Waals surface area contributed by atoms with E-state index in [-0.39, 0.29) is 11.5 Å². The van der Waals surface area contributed by atoms with Gasteiger partial charge >= 0.3 is 0 Å². The Morgan fingerprint density at radius 3 is 2.60 bits per heavy atom. The minimum Gasteiger partial charge on any atom is -0.455 e. The van der Waals surface area contributed by atoms with Gasteiger partial charge in [-0.2, -0.15) is 0 Å². The van der Waals surface area contributed by atoms with Gasteiger partial charge < -0.3 is 14.7 Å². The van der Waals surface area contributed by atoms with Crippen molar-refractivity contribution in [1.29, 1.82) is 0 Å². The molecular weight excluding hydrogens is 273 g/mol. The van der Waals surface area contributed by atoms with Crippen LogP contribution < -0.4 is 16.3 Å². The van der Waals surface area contributed by atoms with E-state index >= 15 is 0 Å². The van der Waals surface area contributed by atoms with E-state index in [2.05, 4.69) is 0 Å². The minimum absolute atomic E-state index is 0.170. The van der Waals surface area contributed by atoms with Gasteiger partial charge in [-0.25, -0.2) is 0 Å². The summed E-state index contributed by atoms with van der Waals surface area (Å²) >= 11 is 0. The highest BCUT2D eigenvalue weighted by Crippen LogP contribution is 2.50. The number of ketones is 1. The molecule has 1 aromatic heterocycles. The molecule has 2 N–H and O–H groups in total. The van der Waals surface area contributed by atoms with E-state index < -0.39 is 7.14 Å². The molecule has 20 heavy (non-hydrogen) atoms. The number of furan rings is 1. The summed E-state index contributed by atoms with van der Waals surface area (Å²) in [5.41, 5.74) is 6.95. The van der Waals surface area contributed by atoms with Gasteiger partial charge in [-0.05, 0) is 0 Å². The Labute approximate surface area is 117 Å². The molecule has 1 aliphatic rings. The maximum absolute atomic E-state index is 13.5. The lowest BCUT2D eigenvalue weighted by molar-refractivity contribution is 0.101. The summed E-state index contributed by atoms with van der Waals surface area (Å²) in [7, 11) is -2.88. The maximum atomic E-state index is 13.5. The summed E-state index contributed by atoms with van der Waals surface area (Å²) in [6.45, 7) is 3.75. The molecule has 2 heterocycles. The largest absolute Gasteiger partial charge is 0.455 e. The molecule has 104 valence electrons. The predicted molar refractivity (Wildman–Crippen MR) is 79.8 cm³/mol. The first-order valence-electron chi connectivity index (χ1n) is 6.69. The second-order valence-corrected chi connectivity index (χ2v) is 7.91. The van der Waals surface area contributed by atoms with Crippen molar-refractivity contribution in [2.24, 2.45) is 0 Å². The lowest BCUT2D eigenvalue weighted by atomic mass is 10.1. The summed E-state index contributed by atoms with van der Waals surface area (Å²) in [4.78, 5) is 12.5. The smallest absolute Gasteiger partial charge is 0.229 e. The molecule has 0 saturated heterocycles. The molecule has 1 aliphatic heterocycles. The minimum atomic E-state index is -2.88. The average molecular weight is 289 g/mol. The Balaban J connectivity index is 2.41. The van der Waals surface area contributed by atoms with Gasteiger partial charge in [-0.3, -0.25) is 4.79 Å². The molecule has 0 saturated carbocycles. The Bertz CT molecular complexity index is 760. The second-order valence-electron chi connectivity index (χ2n) is 4.87. The number of carbonyl (C=O) groups is 1. The quantitative estimate of drug-likeness (QED) is 0.861. The zero-order chi connectivity index (χ0) is 14.5. The van der Waals surface area contributed by atoms with Gasteiger partial charge in [0.1, 0.15) is 12.9 Å². The average Bonchev–Trinajstić information content (AvgIpc) is 2.82. The molecule has 2 aromatic rings. The van der Waals surface area contributed by atoms with Crippen LogP contribution in [0.25, 0.3) is 0 Å². The molecular formula is C15H16NO3P. The topological polar surface area (TPSA) is 73.3 Å². The molecule has 0 fully saturated rings. The molecule has 1 unspecified atom stereocenters. The van der Waals surface area contributed by atoms with Crippen molar-refractivity contribution >= 4 is 29.2 Å². The fraction of sp³-hybridized carbons (Fsp3) is 0.267. The van der Waals surface area contributed by atoms with Crippen LogP contribution in [0, 0.1) is 0 Å². The summed E-state index contributed by atoms with van der Waals surface area (Å²) in [6.07, 6.45) is 1.00. The van der Waals surface area contributed by atoms with E-state index in [0.29, 0.717) is 40.2 Å². The summed E-state index contributed by atoms with van der Waals surface area (Å²) in [5, 5.41) is 1.04. The van der Waals surface area contributed by atoms with Gasteiger partial charge in [0.25, 0.3) is 0 Å². The number of anilines is 1. The standard InChI is InChI=1S/C15H16NO3P/c1-3-10-12(16)15-14(19-10)13(17)9-7-5-6-8-11(9)20(15,18)4-2/h5-8H,3-4,16H2,1-2H3. The van der Waals surface area contributed by atoms with E-state index in [1.54, 1.807) is 24.3 Å². The summed E-state index contributed by atoms with van der Waals surface area (Å²) in [5.74, 6) is 0.495. The van der Waals surface area contributed by atoms with Crippen LogP contribution in [0.2, 0.25) is 0 Å². The van der Waals surface area contributed by atoms with Crippen molar-refractivity contribution in [2.75, 3.05) is 11.9 Å². The zero-order valence-corrected chi connectivity index (χ0v) is 12.4. The molecule has 0 radical (unpaired) electrons. The van der Waals surface area contributed by atoms with Crippen LogP contribution in [0.5, 0.6) is 0 Å². The Morgan fingerprint density at radius 2 is 1.95 bits per heavy atom. The Morgan fingerprint density at radius 1 is 1.25 bits per heavy atom. The number of carbonyl (C=O) groups excluding carboxylic acids is 1. The maximum Gasteiger partial charge on any atom is 0.229 e. The second kappa shape index (κ2) is 4.35. The third-order valence-corrected chi connectivity index (χ3v) is 7.09. The molecule has 4 nitrogen and oxygen atoms in total. The third-order valence-electron chi connectivity index (χ3n) is 3.87. The lowest BCUT2D eigenvalue weighted by Gasteiger charge is -2.24. The van der Waals surface area contributed by atoms with Gasteiger partial charge in [-0.1, -0.05) is 38.1 Å². The predicted octanol–water partition coefficient (Wildman–Crippen LogP) is 2.30. The molecule has 0 bridgehead atoms. The molecule has 3 rings (SSSR count). The monoisotopic (exact) mass is 289 g/mol. The van der Waals surface area contributed by atoms with E-state index in [0.717, 1.165) is 0 Å². The van der Waals surface area contributed by atoms with Gasteiger partial charge in [-0.15, -0.1) is 0 Å². The van der Waals surface area contributed by atoms with Crippen LogP contribution in [-0.2, 0) is 11.0 Å². The number of benzene rings is 1. The fourth-order valence-electron chi connectivity index (χ4n) is 2.81. The number of hydrogen-bond acceptors (Lipinski definition) is 4. The first kappa shape index (κ1) is 13.2. The van der Waals surface area contributed by atoms with E-state index in [4.69, 9.17) is 10.2 Å². The number of hydrogen-bond donors (Lipinski definition) is 1. The van der Waals surface area contributed by atoms with Crippen LogP contribution in [-0.4, -0.2) is 11.9 Å². The van der Waals surface area contributed by atoms with Gasteiger partial charge in [0, 0.05) is 23.5 Å². The number of aryl methyl sites for hydroxylation is 1. The SMILES string of the molecule is CCc1oc2c(c1N)P(=O)(CC)c1ccccc1C2=O.